The van der Waals surface area contributed by atoms with Crippen LogP contribution in [0, 0.1) is 6.92 Å². The van der Waals surface area contributed by atoms with Gasteiger partial charge in [0, 0.05) is 23.6 Å². The molecule has 82 valence electrons. The van der Waals surface area contributed by atoms with Crippen LogP contribution in [0.2, 0.25) is 0 Å². The average Bonchev–Trinajstić information content (AvgIpc) is 2.23. The molecule has 1 aliphatic heterocycles. The van der Waals surface area contributed by atoms with Crippen molar-refractivity contribution in [1.29, 1.82) is 0 Å². The van der Waals surface area contributed by atoms with Crippen LogP contribution in [0.5, 0.6) is 0 Å². The van der Waals surface area contributed by atoms with Crippen LogP contribution in [0.3, 0.4) is 0 Å². The van der Waals surface area contributed by atoms with Gasteiger partial charge in [0.15, 0.2) is 0 Å². The van der Waals surface area contributed by atoms with Crippen LogP contribution in [0.1, 0.15) is 18.5 Å². The zero-order chi connectivity index (χ0) is 10.8. The second-order valence-electron chi connectivity index (χ2n) is 4.06. The summed E-state index contributed by atoms with van der Waals surface area (Å²) in [6.45, 7) is 4.06. The molecular weight excluding hydrogens is 254 g/mol. The first kappa shape index (κ1) is 10.9. The Labute approximate surface area is 98.8 Å². The first-order valence-corrected chi connectivity index (χ1v) is 6.10. The molecule has 2 rings (SSSR count). The quantitative estimate of drug-likeness (QED) is 0.849. The third-order valence-electron chi connectivity index (χ3n) is 2.87. The number of nitrogens with two attached hydrogens (primary N) is 1. The summed E-state index contributed by atoms with van der Waals surface area (Å²) in [6, 6.07) is 4.50. The fraction of sp³-hybridized carbons (Fsp3) is 0.545. The molecule has 0 aromatic carbocycles. The molecule has 1 aromatic heterocycles. The van der Waals surface area contributed by atoms with Crippen molar-refractivity contribution in [2.75, 3.05) is 18.0 Å². The fourth-order valence-electron chi connectivity index (χ4n) is 1.84. The highest BCUT2D eigenvalue weighted by atomic mass is 79.9. The van der Waals surface area contributed by atoms with Crippen LogP contribution in [0.15, 0.2) is 16.6 Å². The Balaban J connectivity index is 2.12. The maximum atomic E-state index is 5.87. The number of rotatable bonds is 1. The van der Waals surface area contributed by atoms with E-state index in [1.165, 1.54) is 0 Å². The highest BCUT2D eigenvalue weighted by molar-refractivity contribution is 9.10. The molecule has 0 radical (unpaired) electrons. The van der Waals surface area contributed by atoms with Gasteiger partial charge in [0.2, 0.25) is 0 Å². The molecule has 3 nitrogen and oxygen atoms in total. The van der Waals surface area contributed by atoms with Crippen LogP contribution in [-0.4, -0.2) is 24.1 Å². The van der Waals surface area contributed by atoms with Gasteiger partial charge in [-0.2, -0.15) is 0 Å². The van der Waals surface area contributed by atoms with Gasteiger partial charge in [-0.1, -0.05) is 0 Å². The number of piperidine rings is 1. The first-order chi connectivity index (χ1) is 7.16. The van der Waals surface area contributed by atoms with Crippen LogP contribution >= 0.6 is 15.9 Å². The Morgan fingerprint density at radius 2 is 2.07 bits per heavy atom. The number of hydrogen-bond acceptors (Lipinski definition) is 3. The lowest BCUT2D eigenvalue weighted by Gasteiger charge is -2.31. The maximum Gasteiger partial charge on any atom is 0.128 e. The van der Waals surface area contributed by atoms with E-state index in [-0.39, 0.29) is 0 Å². The molecule has 1 aromatic rings. The molecule has 0 aliphatic carbocycles. The molecule has 0 spiro atoms. The Morgan fingerprint density at radius 3 is 2.67 bits per heavy atom. The average molecular weight is 270 g/mol. The molecule has 0 saturated carbocycles. The van der Waals surface area contributed by atoms with E-state index in [0.29, 0.717) is 6.04 Å². The van der Waals surface area contributed by atoms with Gasteiger partial charge in [-0.05, 0) is 47.8 Å². The second-order valence-corrected chi connectivity index (χ2v) is 4.92. The Kier molecular flexibility index (Phi) is 3.26. The summed E-state index contributed by atoms with van der Waals surface area (Å²) in [7, 11) is 0. The van der Waals surface area contributed by atoms with Crippen LogP contribution in [0.25, 0.3) is 0 Å². The predicted octanol–water partition coefficient (Wildman–Crippen LogP) is 2.08. The summed E-state index contributed by atoms with van der Waals surface area (Å²) < 4.78 is 1.07. The van der Waals surface area contributed by atoms with E-state index in [9.17, 15) is 0 Å². The molecule has 15 heavy (non-hydrogen) atoms. The minimum absolute atomic E-state index is 0.373. The molecular formula is C11H16BrN3. The van der Waals surface area contributed by atoms with Gasteiger partial charge in [-0.25, -0.2) is 4.98 Å². The molecule has 2 N–H and O–H groups in total. The minimum Gasteiger partial charge on any atom is -0.356 e. The Morgan fingerprint density at radius 1 is 1.40 bits per heavy atom. The normalized spacial score (nSPS) is 18.2. The zero-order valence-electron chi connectivity index (χ0n) is 8.91. The molecule has 0 amide bonds. The van der Waals surface area contributed by atoms with E-state index in [0.717, 1.165) is 41.9 Å². The SMILES string of the molecule is Cc1nc(N2CCC(N)CC2)ccc1Br. The zero-order valence-corrected chi connectivity index (χ0v) is 10.5. The minimum atomic E-state index is 0.373. The van der Waals surface area contributed by atoms with Gasteiger partial charge >= 0.3 is 0 Å². The fourth-order valence-corrected chi connectivity index (χ4v) is 2.06. The first-order valence-electron chi connectivity index (χ1n) is 5.30. The van der Waals surface area contributed by atoms with E-state index >= 15 is 0 Å². The van der Waals surface area contributed by atoms with Gasteiger partial charge in [-0.15, -0.1) is 0 Å². The number of aromatic nitrogens is 1. The van der Waals surface area contributed by atoms with Crippen molar-refractivity contribution < 1.29 is 0 Å². The van der Waals surface area contributed by atoms with E-state index in [4.69, 9.17) is 5.73 Å². The molecule has 1 aliphatic rings. The van der Waals surface area contributed by atoms with Gasteiger partial charge in [0.25, 0.3) is 0 Å². The van der Waals surface area contributed by atoms with Crippen LogP contribution < -0.4 is 10.6 Å². The number of anilines is 1. The number of hydrogen-bond donors (Lipinski definition) is 1. The molecule has 0 bridgehead atoms. The van der Waals surface area contributed by atoms with Gasteiger partial charge in [-0.3, -0.25) is 0 Å². The smallest absolute Gasteiger partial charge is 0.128 e. The Hall–Kier alpha value is -0.610. The molecule has 1 fully saturated rings. The van der Waals surface area contributed by atoms with Crippen molar-refractivity contribution in [3.05, 3.63) is 22.3 Å². The third kappa shape index (κ3) is 2.49. The topological polar surface area (TPSA) is 42.2 Å². The van der Waals surface area contributed by atoms with Gasteiger partial charge in [0.1, 0.15) is 5.82 Å². The van der Waals surface area contributed by atoms with Crippen molar-refractivity contribution in [2.45, 2.75) is 25.8 Å². The summed E-state index contributed by atoms with van der Waals surface area (Å²) in [5.74, 6) is 1.07. The van der Waals surface area contributed by atoms with E-state index < -0.39 is 0 Å². The summed E-state index contributed by atoms with van der Waals surface area (Å²) >= 11 is 3.46. The lowest BCUT2D eigenvalue weighted by atomic mass is 10.1. The lowest BCUT2D eigenvalue weighted by Crippen LogP contribution is -2.40. The number of aryl methyl sites for hydroxylation is 1. The second kappa shape index (κ2) is 4.49. The van der Waals surface area contributed by atoms with Gasteiger partial charge in [0.05, 0.1) is 5.69 Å². The van der Waals surface area contributed by atoms with Crippen molar-refractivity contribution >= 4 is 21.7 Å². The largest absolute Gasteiger partial charge is 0.356 e. The maximum absolute atomic E-state index is 5.87. The van der Waals surface area contributed by atoms with Crippen molar-refractivity contribution in [2.24, 2.45) is 5.73 Å². The van der Waals surface area contributed by atoms with Crippen molar-refractivity contribution in [3.8, 4) is 0 Å². The van der Waals surface area contributed by atoms with Crippen molar-refractivity contribution in [1.82, 2.24) is 4.98 Å². The van der Waals surface area contributed by atoms with Crippen molar-refractivity contribution in [3.63, 3.8) is 0 Å². The Bertz CT molecular complexity index is 346. The highest BCUT2D eigenvalue weighted by Crippen LogP contribution is 2.21. The summed E-state index contributed by atoms with van der Waals surface area (Å²) in [5.41, 5.74) is 6.92. The molecule has 4 heteroatoms. The summed E-state index contributed by atoms with van der Waals surface area (Å²) in [5, 5.41) is 0. The van der Waals surface area contributed by atoms with E-state index in [1.54, 1.807) is 0 Å². The predicted molar refractivity (Wildman–Crippen MR) is 66.1 cm³/mol. The molecule has 0 atom stereocenters. The number of halogens is 1. The number of pyridine rings is 1. The van der Waals surface area contributed by atoms with E-state index in [2.05, 4.69) is 37.9 Å². The molecule has 1 saturated heterocycles. The standard InChI is InChI=1S/C11H16BrN3/c1-8-10(12)2-3-11(14-8)15-6-4-9(13)5-7-15/h2-3,9H,4-7,13H2,1H3. The van der Waals surface area contributed by atoms with Crippen LogP contribution in [0.4, 0.5) is 5.82 Å². The monoisotopic (exact) mass is 269 g/mol. The van der Waals surface area contributed by atoms with Gasteiger partial charge < -0.3 is 10.6 Å². The summed E-state index contributed by atoms with van der Waals surface area (Å²) in [6.07, 6.45) is 2.13. The molecule has 0 unspecified atom stereocenters. The molecule has 2 heterocycles. The van der Waals surface area contributed by atoms with E-state index in [1.807, 2.05) is 6.92 Å². The number of nitrogens with zero attached hydrogens (tertiary/aromatic N) is 2. The third-order valence-corrected chi connectivity index (χ3v) is 3.71. The summed E-state index contributed by atoms with van der Waals surface area (Å²) in [4.78, 5) is 6.87. The lowest BCUT2D eigenvalue weighted by molar-refractivity contribution is 0.498. The highest BCUT2D eigenvalue weighted by Gasteiger charge is 2.17. The van der Waals surface area contributed by atoms with Crippen LogP contribution in [-0.2, 0) is 0 Å².